The molecule has 0 aromatic rings. The van der Waals surface area contributed by atoms with Gasteiger partial charge < -0.3 is 15.5 Å². The van der Waals surface area contributed by atoms with E-state index >= 15 is 0 Å². The maximum absolute atomic E-state index is 9.61. The Balaban J connectivity index is 3.02. The molecule has 0 aromatic heterocycles. The molecule has 8 heavy (non-hydrogen) atoms. The van der Waals surface area contributed by atoms with Crippen LogP contribution in [0.5, 0.6) is 0 Å². The van der Waals surface area contributed by atoms with Gasteiger partial charge in [0, 0.05) is 6.21 Å². The van der Waals surface area contributed by atoms with Gasteiger partial charge in [-0.2, -0.15) is 0 Å². The maximum Gasteiger partial charge on any atom is 0.139 e. The zero-order valence-electron chi connectivity index (χ0n) is 4.42. The number of rotatable bonds is 4. The molecule has 0 aliphatic heterocycles. The van der Waals surface area contributed by atoms with Gasteiger partial charge in [-0.25, -0.2) is 0 Å². The fourth-order valence-electron chi connectivity index (χ4n) is 0.232. The fourth-order valence-corrected chi connectivity index (χ4v) is 0.232. The predicted molar refractivity (Wildman–Crippen MR) is 32.0 cm³/mol. The van der Waals surface area contributed by atoms with E-state index in [1.807, 2.05) is 0 Å². The van der Waals surface area contributed by atoms with Gasteiger partial charge in [-0.05, 0) is 12.3 Å². The molecule has 0 fully saturated rings. The number of carbonyl (C=O) groups is 1. The predicted octanol–water partition coefficient (Wildman–Crippen LogP) is -0.0618. The Morgan fingerprint density at radius 1 is 1.62 bits per heavy atom. The number of allylic oxidation sites excluding steroid dienone is 1. The van der Waals surface area contributed by atoms with E-state index in [0.29, 0.717) is 6.54 Å². The van der Waals surface area contributed by atoms with Crippen LogP contribution in [0.1, 0.15) is 0 Å². The monoisotopic (exact) mass is 112 g/mol. The molecule has 0 radical (unpaired) electrons. The highest BCUT2D eigenvalue weighted by Crippen LogP contribution is 1.56. The Labute approximate surface area is 47.9 Å². The van der Waals surface area contributed by atoms with E-state index in [2.05, 4.69) is 5.32 Å². The second-order valence-corrected chi connectivity index (χ2v) is 1.10. The van der Waals surface area contributed by atoms with Crippen LogP contribution in [-0.2, 0) is 4.79 Å². The van der Waals surface area contributed by atoms with Gasteiger partial charge in [-0.3, -0.25) is 0 Å². The summed E-state index contributed by atoms with van der Waals surface area (Å²) in [4.78, 5) is 9.61. The highest BCUT2D eigenvalue weighted by atomic mass is 16.1. The maximum atomic E-state index is 9.61. The molecule has 0 amide bonds. The molecule has 0 aliphatic rings. The number of carbonyl (C=O) groups excluding carboxylic acids is 1. The van der Waals surface area contributed by atoms with Gasteiger partial charge in [0.1, 0.15) is 6.29 Å². The van der Waals surface area contributed by atoms with E-state index in [1.54, 1.807) is 6.20 Å². The summed E-state index contributed by atoms with van der Waals surface area (Å²) in [6, 6.07) is 0. The van der Waals surface area contributed by atoms with Crippen LogP contribution < -0.4 is 5.32 Å². The summed E-state index contributed by atoms with van der Waals surface area (Å²) in [6.07, 6.45) is 4.94. The topological polar surface area (TPSA) is 53.0 Å². The molecule has 0 heterocycles. The van der Waals surface area contributed by atoms with Gasteiger partial charge in [0.05, 0.1) is 6.54 Å². The van der Waals surface area contributed by atoms with Gasteiger partial charge in [-0.15, -0.1) is 0 Å². The zero-order chi connectivity index (χ0) is 6.24. The quantitative estimate of drug-likeness (QED) is 0.304. The minimum atomic E-state index is 0.310. The van der Waals surface area contributed by atoms with Gasteiger partial charge in [-0.1, -0.05) is 0 Å². The molecule has 0 bridgehead atoms. The van der Waals surface area contributed by atoms with E-state index in [1.165, 1.54) is 6.08 Å². The molecule has 3 nitrogen and oxygen atoms in total. The third-order valence-electron chi connectivity index (χ3n) is 0.511. The van der Waals surface area contributed by atoms with Gasteiger partial charge in [0.25, 0.3) is 0 Å². The summed E-state index contributed by atoms with van der Waals surface area (Å²) in [5.41, 5.74) is 0. The van der Waals surface area contributed by atoms with Crippen molar-refractivity contribution < 1.29 is 4.79 Å². The molecule has 0 spiro atoms. The molecule has 0 aliphatic carbocycles. The standard InChI is InChI=1S/C5H8N2O/c6-2-1-3-7-4-5-8/h1-3,5-7H,4H2/b3-1-,6-2?. The number of hydrogen-bond acceptors (Lipinski definition) is 3. The second-order valence-electron chi connectivity index (χ2n) is 1.10. The van der Waals surface area contributed by atoms with Crippen molar-refractivity contribution in [3.8, 4) is 0 Å². The van der Waals surface area contributed by atoms with Crippen molar-refractivity contribution in [2.24, 2.45) is 0 Å². The molecular weight excluding hydrogens is 104 g/mol. The van der Waals surface area contributed by atoms with Crippen molar-refractivity contribution in [3.05, 3.63) is 12.3 Å². The first-order valence-corrected chi connectivity index (χ1v) is 2.24. The van der Waals surface area contributed by atoms with E-state index in [9.17, 15) is 4.79 Å². The average molecular weight is 112 g/mol. The van der Waals surface area contributed by atoms with Crippen molar-refractivity contribution in [1.82, 2.24) is 5.32 Å². The molecule has 0 rings (SSSR count). The van der Waals surface area contributed by atoms with Crippen LogP contribution in [0, 0.1) is 5.41 Å². The summed E-state index contributed by atoms with van der Waals surface area (Å²) in [5, 5.41) is 9.13. The van der Waals surface area contributed by atoms with Crippen molar-refractivity contribution in [2.75, 3.05) is 6.54 Å². The third kappa shape index (κ3) is 4.88. The Bertz CT molecular complexity index is 98.6. The van der Waals surface area contributed by atoms with Gasteiger partial charge >= 0.3 is 0 Å². The molecule has 3 heteroatoms. The van der Waals surface area contributed by atoms with Crippen LogP contribution in [0.4, 0.5) is 0 Å². The summed E-state index contributed by atoms with van der Waals surface area (Å²) < 4.78 is 0. The van der Waals surface area contributed by atoms with Crippen LogP contribution in [0.3, 0.4) is 0 Å². The molecular formula is C5H8N2O. The fraction of sp³-hybridized carbons (Fsp3) is 0.200. The number of aldehydes is 1. The van der Waals surface area contributed by atoms with Crippen molar-refractivity contribution in [2.45, 2.75) is 0 Å². The molecule has 0 unspecified atom stereocenters. The van der Waals surface area contributed by atoms with Crippen LogP contribution in [0.15, 0.2) is 12.3 Å². The van der Waals surface area contributed by atoms with E-state index in [0.717, 1.165) is 12.5 Å². The van der Waals surface area contributed by atoms with Crippen LogP contribution >= 0.6 is 0 Å². The van der Waals surface area contributed by atoms with E-state index in [-0.39, 0.29) is 0 Å². The van der Waals surface area contributed by atoms with Gasteiger partial charge in [0.2, 0.25) is 0 Å². The zero-order valence-corrected chi connectivity index (χ0v) is 4.42. The SMILES string of the molecule is N=C/C=C\NCC=O. The molecule has 0 saturated carbocycles. The summed E-state index contributed by atoms with van der Waals surface area (Å²) >= 11 is 0. The molecule has 0 atom stereocenters. The Morgan fingerprint density at radius 3 is 2.88 bits per heavy atom. The second kappa shape index (κ2) is 5.88. The van der Waals surface area contributed by atoms with Gasteiger partial charge in [0.15, 0.2) is 0 Å². The lowest BCUT2D eigenvalue weighted by Crippen LogP contribution is -2.06. The highest BCUT2D eigenvalue weighted by Gasteiger charge is 1.68. The van der Waals surface area contributed by atoms with E-state index < -0.39 is 0 Å². The first-order valence-electron chi connectivity index (χ1n) is 2.24. The average Bonchev–Trinajstić information content (AvgIpc) is 1.81. The normalized spacial score (nSPS) is 9.00. The molecule has 0 saturated heterocycles. The first kappa shape index (κ1) is 6.88. The van der Waals surface area contributed by atoms with Crippen LogP contribution in [0.2, 0.25) is 0 Å². The van der Waals surface area contributed by atoms with E-state index in [4.69, 9.17) is 5.41 Å². The van der Waals surface area contributed by atoms with Crippen molar-refractivity contribution >= 4 is 12.5 Å². The number of hydrogen-bond donors (Lipinski definition) is 2. The Hall–Kier alpha value is -1.12. The summed E-state index contributed by atoms with van der Waals surface area (Å²) in [6.45, 7) is 0.310. The Kier molecular flexibility index (Phi) is 5.06. The lowest BCUT2D eigenvalue weighted by atomic mass is 10.6. The molecule has 0 aromatic carbocycles. The highest BCUT2D eigenvalue weighted by molar-refractivity contribution is 5.67. The van der Waals surface area contributed by atoms with Crippen molar-refractivity contribution in [3.63, 3.8) is 0 Å². The first-order chi connectivity index (χ1) is 3.91. The molecule has 2 N–H and O–H groups in total. The van der Waals surface area contributed by atoms with Crippen molar-refractivity contribution in [1.29, 1.82) is 5.41 Å². The molecule has 44 valence electrons. The van der Waals surface area contributed by atoms with Crippen LogP contribution in [-0.4, -0.2) is 19.0 Å². The number of nitrogens with one attached hydrogen (secondary N) is 2. The Morgan fingerprint density at radius 2 is 2.38 bits per heavy atom. The largest absolute Gasteiger partial charge is 0.384 e. The minimum Gasteiger partial charge on any atom is -0.384 e. The van der Waals surface area contributed by atoms with Crippen LogP contribution in [0.25, 0.3) is 0 Å². The third-order valence-corrected chi connectivity index (χ3v) is 0.511. The summed E-state index contributed by atoms with van der Waals surface area (Å²) in [5.74, 6) is 0. The lowest BCUT2D eigenvalue weighted by molar-refractivity contribution is -0.107. The lowest BCUT2D eigenvalue weighted by Gasteiger charge is -1.85. The minimum absolute atomic E-state index is 0.310. The summed E-state index contributed by atoms with van der Waals surface area (Å²) in [7, 11) is 0. The smallest absolute Gasteiger partial charge is 0.139 e.